The molecule has 0 aliphatic carbocycles. The van der Waals surface area contributed by atoms with E-state index in [1.54, 1.807) is 0 Å². The molecule has 0 saturated carbocycles. The maximum Gasteiger partial charge on any atom is 0.472 e. The van der Waals surface area contributed by atoms with Gasteiger partial charge in [0.2, 0.25) is 5.91 Å². The highest BCUT2D eigenvalue weighted by molar-refractivity contribution is 7.47. The Morgan fingerprint density at radius 3 is 1.07 bits per heavy atom. The summed E-state index contributed by atoms with van der Waals surface area (Å²) >= 11 is 0. The monoisotopic (exact) mass is 1240 g/mol. The number of nitrogens with zero attached hydrogens (tertiary/aromatic N) is 1. The van der Waals surface area contributed by atoms with E-state index >= 15 is 0 Å². The van der Waals surface area contributed by atoms with Gasteiger partial charge in [-0.05, 0) is 76.7 Å². The van der Waals surface area contributed by atoms with Crippen LogP contribution in [-0.2, 0) is 27.9 Å². The van der Waals surface area contributed by atoms with Crippen molar-refractivity contribution in [1.82, 2.24) is 5.32 Å². The molecule has 0 rings (SSSR count). The molecule has 3 unspecified atom stereocenters. The van der Waals surface area contributed by atoms with Gasteiger partial charge < -0.3 is 19.4 Å². The van der Waals surface area contributed by atoms with Crippen molar-refractivity contribution >= 4 is 19.7 Å². The molecule has 0 aromatic rings. The quantitative estimate of drug-likeness (QED) is 0.0205. The van der Waals surface area contributed by atoms with Gasteiger partial charge in [-0.25, -0.2) is 4.57 Å². The van der Waals surface area contributed by atoms with Crippen LogP contribution in [0.25, 0.3) is 0 Å². The molecule has 0 bridgehead atoms. The third-order valence-corrected chi connectivity index (χ3v) is 17.9. The van der Waals surface area contributed by atoms with Crippen LogP contribution in [0.5, 0.6) is 0 Å². The number of allylic oxidation sites excluding steroid dienone is 9. The lowest BCUT2D eigenvalue weighted by atomic mass is 10.0. The fourth-order valence-corrected chi connectivity index (χ4v) is 11.9. The summed E-state index contributed by atoms with van der Waals surface area (Å²) in [6.45, 7) is 7.04. The Balaban J connectivity index is 5.05. The van der Waals surface area contributed by atoms with Crippen molar-refractivity contribution in [3.63, 3.8) is 0 Å². The van der Waals surface area contributed by atoms with Crippen LogP contribution in [0.3, 0.4) is 0 Å². The van der Waals surface area contributed by atoms with Crippen LogP contribution in [0, 0.1) is 0 Å². The molecule has 3 atom stereocenters. The predicted octanol–water partition coefficient (Wildman–Crippen LogP) is 24.1. The first-order valence-corrected chi connectivity index (χ1v) is 39.1. The van der Waals surface area contributed by atoms with E-state index in [1.807, 2.05) is 33.3 Å². The van der Waals surface area contributed by atoms with Gasteiger partial charge in [0.25, 0.3) is 0 Å². The number of ether oxygens (including phenoxy) is 1. The molecule has 0 aliphatic rings. The van der Waals surface area contributed by atoms with E-state index in [0.29, 0.717) is 17.4 Å². The van der Waals surface area contributed by atoms with E-state index in [0.717, 1.165) is 83.5 Å². The largest absolute Gasteiger partial charge is 0.472 e. The number of amides is 1. The van der Waals surface area contributed by atoms with Crippen molar-refractivity contribution in [2.24, 2.45) is 0 Å². The summed E-state index contributed by atoms with van der Waals surface area (Å²) in [5.74, 6) is -0.494. The Morgan fingerprint density at radius 1 is 0.402 bits per heavy atom. The van der Waals surface area contributed by atoms with Crippen LogP contribution in [0.1, 0.15) is 367 Å². The fraction of sp³-hybridized carbons (Fsp3) is 0.844. The first-order valence-electron chi connectivity index (χ1n) is 37.6. The van der Waals surface area contributed by atoms with Crippen molar-refractivity contribution in [1.29, 1.82) is 0 Å². The summed E-state index contributed by atoms with van der Waals surface area (Å²) in [5.41, 5.74) is 0. The van der Waals surface area contributed by atoms with Crippen LogP contribution in [0.15, 0.2) is 60.8 Å². The summed E-state index contributed by atoms with van der Waals surface area (Å²) < 4.78 is 30.9. The molecule has 0 aromatic carbocycles. The van der Waals surface area contributed by atoms with Crippen LogP contribution < -0.4 is 5.32 Å². The van der Waals surface area contributed by atoms with Crippen LogP contribution >= 0.6 is 7.82 Å². The van der Waals surface area contributed by atoms with E-state index in [4.69, 9.17) is 13.8 Å². The zero-order valence-corrected chi connectivity index (χ0v) is 59.4. The molecule has 0 radical (unpaired) electrons. The van der Waals surface area contributed by atoms with Crippen molar-refractivity contribution in [2.75, 3.05) is 40.9 Å². The third kappa shape index (κ3) is 67.9. The molecule has 0 heterocycles. The van der Waals surface area contributed by atoms with E-state index in [2.05, 4.69) is 74.7 Å². The van der Waals surface area contributed by atoms with Crippen LogP contribution in [0.2, 0.25) is 0 Å². The second kappa shape index (κ2) is 66.6. The molecule has 510 valence electrons. The number of hydrogen-bond acceptors (Lipinski definition) is 6. The molecular weight excluding hydrogens is 1100 g/mol. The van der Waals surface area contributed by atoms with Gasteiger partial charge in [-0.3, -0.25) is 18.6 Å². The zero-order valence-electron chi connectivity index (χ0n) is 58.5. The standard InChI is InChI=1S/C77H145N2O7P/c1-7-10-13-16-19-22-25-28-30-32-34-36-38-39-41-43-45-47-49-52-55-58-61-64-67-70-77(81)86-75(68-65-62-59-56-53-50-27-24-21-18-15-12-9-3)74(73-85-87(82,83)84-72-71-79(4,5)6)78-76(80)69-66-63-60-57-54-51-48-46-44-42-40-37-35-33-31-29-26-23-20-17-14-11-8-2/h19,22,28,30,34,36,39,41,65,68,74-75H,7-18,20-21,23-27,29,31-33,35,37-38,40,42-64,66-67,69-73H2,1-6H3,(H-,78,80,82,83)/p+1/b22-19-,30-28-,36-34-,41-39-,68-65+. The van der Waals surface area contributed by atoms with Gasteiger partial charge in [0.05, 0.1) is 33.8 Å². The first kappa shape index (κ1) is 84.7. The highest BCUT2D eigenvalue weighted by atomic mass is 31.2. The van der Waals surface area contributed by atoms with Crippen molar-refractivity contribution in [2.45, 2.75) is 380 Å². The molecule has 2 N–H and O–H groups in total. The number of nitrogens with one attached hydrogen (secondary N) is 1. The maximum atomic E-state index is 13.6. The topological polar surface area (TPSA) is 111 Å². The second-order valence-corrected chi connectivity index (χ2v) is 28.3. The summed E-state index contributed by atoms with van der Waals surface area (Å²) in [7, 11) is 1.51. The van der Waals surface area contributed by atoms with Crippen LogP contribution in [0.4, 0.5) is 0 Å². The Hall–Kier alpha value is -2.29. The minimum absolute atomic E-state index is 0.0401. The van der Waals surface area contributed by atoms with Crippen molar-refractivity contribution in [3.8, 4) is 0 Å². The maximum absolute atomic E-state index is 13.6. The number of hydrogen-bond donors (Lipinski definition) is 2. The van der Waals surface area contributed by atoms with E-state index in [9.17, 15) is 19.0 Å². The van der Waals surface area contributed by atoms with Gasteiger partial charge in [0.1, 0.15) is 19.3 Å². The highest BCUT2D eigenvalue weighted by Crippen LogP contribution is 2.43. The number of esters is 1. The number of likely N-dealkylation sites (N-methyl/N-ethyl adjacent to an activating group) is 1. The minimum Gasteiger partial charge on any atom is -0.456 e. The number of carbonyl (C=O) groups is 2. The molecule has 0 aromatic heterocycles. The lowest BCUT2D eigenvalue weighted by Crippen LogP contribution is -2.47. The Bertz CT molecular complexity index is 1670. The SMILES string of the molecule is CCCCC/C=C\C/C=C\C/C=C\C/C=C\CCCCCCCCCCCC(=O)OC(/C=C/CCCCCCCCCCCCC)C(COP(=O)(O)OCC[N+](C)(C)C)NC(=O)CCCCCCCCCCCCCCCCCCCCCCCCC. The lowest BCUT2D eigenvalue weighted by molar-refractivity contribution is -0.870. The van der Waals surface area contributed by atoms with Gasteiger partial charge in [-0.1, -0.05) is 339 Å². The Labute approximate surface area is 541 Å². The number of quaternary nitrogens is 1. The number of unbranched alkanes of at least 4 members (excludes halogenated alkanes) is 45. The van der Waals surface area contributed by atoms with E-state index < -0.39 is 20.0 Å². The average molecular weight is 1240 g/mol. The molecule has 9 nitrogen and oxygen atoms in total. The fourth-order valence-electron chi connectivity index (χ4n) is 11.2. The molecule has 0 spiro atoms. The Morgan fingerprint density at radius 2 is 0.701 bits per heavy atom. The molecule has 87 heavy (non-hydrogen) atoms. The van der Waals surface area contributed by atoms with Crippen LogP contribution in [-0.4, -0.2) is 74.3 Å². The number of phosphoric acid groups is 1. The number of rotatable bonds is 69. The van der Waals surface area contributed by atoms with E-state index in [1.165, 1.54) is 250 Å². The molecule has 0 saturated heterocycles. The van der Waals surface area contributed by atoms with Gasteiger partial charge in [0.15, 0.2) is 0 Å². The predicted molar refractivity (Wildman–Crippen MR) is 378 cm³/mol. The Kier molecular flexibility index (Phi) is 64.9. The second-order valence-electron chi connectivity index (χ2n) is 26.8. The molecule has 0 fully saturated rings. The number of carbonyl (C=O) groups excluding carboxylic acids is 2. The molecule has 1 amide bonds. The van der Waals surface area contributed by atoms with Gasteiger partial charge in [-0.2, -0.15) is 0 Å². The zero-order chi connectivity index (χ0) is 63.5. The summed E-state index contributed by atoms with van der Waals surface area (Å²) in [5, 5.41) is 3.08. The summed E-state index contributed by atoms with van der Waals surface area (Å²) in [4.78, 5) is 38.0. The first-order chi connectivity index (χ1) is 42.4. The normalized spacial score (nSPS) is 13.8. The number of phosphoric ester groups is 1. The smallest absolute Gasteiger partial charge is 0.456 e. The lowest BCUT2D eigenvalue weighted by Gasteiger charge is -2.27. The minimum atomic E-state index is -4.46. The average Bonchev–Trinajstić information content (AvgIpc) is 3.70. The molecular formula is C77H146N2O7P+. The molecule has 10 heteroatoms. The third-order valence-electron chi connectivity index (χ3n) is 17.0. The van der Waals surface area contributed by atoms with Gasteiger partial charge in [0, 0.05) is 12.8 Å². The van der Waals surface area contributed by atoms with Crippen molar-refractivity contribution in [3.05, 3.63) is 60.8 Å². The summed E-state index contributed by atoms with van der Waals surface area (Å²) in [6.07, 6.45) is 86.6. The van der Waals surface area contributed by atoms with Gasteiger partial charge >= 0.3 is 13.8 Å². The summed E-state index contributed by atoms with van der Waals surface area (Å²) in [6, 6.07) is -0.851. The van der Waals surface area contributed by atoms with Gasteiger partial charge in [-0.15, -0.1) is 0 Å². The van der Waals surface area contributed by atoms with Crippen molar-refractivity contribution < 1.29 is 37.3 Å². The van der Waals surface area contributed by atoms with E-state index in [-0.39, 0.29) is 31.5 Å². The molecule has 0 aliphatic heterocycles. The highest BCUT2D eigenvalue weighted by Gasteiger charge is 2.30.